The minimum atomic E-state index is 0.330. The zero-order valence-electron chi connectivity index (χ0n) is 12.8. The molecule has 2 N–H and O–H groups in total. The number of aliphatic hydroxyl groups excluding tert-OH is 1. The average molecular weight is 253 g/mol. The first-order valence-electron chi connectivity index (χ1n) is 6.98. The van der Waals surface area contributed by atoms with Crippen LogP contribution in [0.25, 0.3) is 0 Å². The van der Waals surface area contributed by atoms with Crippen molar-refractivity contribution in [2.75, 3.05) is 19.7 Å². The first-order chi connectivity index (χ1) is 8.69. The SMILES string of the molecule is C=C/C=C1/CNC/C1=C/C.CC.CCC(C)CO. The normalized spacial score (nSPS) is 19.7. The molecular formula is C16H31NO. The summed E-state index contributed by atoms with van der Waals surface area (Å²) in [6, 6.07) is 0. The Hall–Kier alpha value is -0.860. The summed E-state index contributed by atoms with van der Waals surface area (Å²) < 4.78 is 0. The van der Waals surface area contributed by atoms with Crippen LogP contribution in [0, 0.1) is 5.92 Å². The molecule has 0 saturated carbocycles. The molecule has 2 nitrogen and oxygen atoms in total. The van der Waals surface area contributed by atoms with Crippen LogP contribution >= 0.6 is 0 Å². The highest BCUT2D eigenvalue weighted by Gasteiger charge is 2.09. The van der Waals surface area contributed by atoms with Gasteiger partial charge in [0.2, 0.25) is 0 Å². The van der Waals surface area contributed by atoms with Gasteiger partial charge < -0.3 is 10.4 Å². The van der Waals surface area contributed by atoms with Gasteiger partial charge >= 0.3 is 0 Å². The molecule has 0 aliphatic carbocycles. The number of aliphatic hydroxyl groups is 1. The highest BCUT2D eigenvalue weighted by atomic mass is 16.3. The van der Waals surface area contributed by atoms with Crippen molar-refractivity contribution in [1.29, 1.82) is 0 Å². The molecule has 18 heavy (non-hydrogen) atoms. The van der Waals surface area contributed by atoms with Crippen LogP contribution in [0.1, 0.15) is 41.0 Å². The predicted octanol–water partition coefficient (Wildman–Crippen LogP) is 3.70. The Labute approximate surface area is 113 Å². The Morgan fingerprint density at radius 1 is 1.33 bits per heavy atom. The van der Waals surface area contributed by atoms with Gasteiger partial charge in [-0.25, -0.2) is 0 Å². The maximum absolute atomic E-state index is 8.33. The van der Waals surface area contributed by atoms with Gasteiger partial charge in [-0.15, -0.1) is 0 Å². The van der Waals surface area contributed by atoms with E-state index >= 15 is 0 Å². The zero-order valence-corrected chi connectivity index (χ0v) is 12.8. The molecular weight excluding hydrogens is 222 g/mol. The van der Waals surface area contributed by atoms with Gasteiger partial charge in [-0.3, -0.25) is 0 Å². The van der Waals surface area contributed by atoms with Crippen molar-refractivity contribution in [1.82, 2.24) is 5.32 Å². The quantitative estimate of drug-likeness (QED) is 0.804. The van der Waals surface area contributed by atoms with E-state index in [0.717, 1.165) is 19.5 Å². The lowest BCUT2D eigenvalue weighted by molar-refractivity contribution is 0.234. The first kappa shape index (κ1) is 19.5. The van der Waals surface area contributed by atoms with Gasteiger partial charge in [0.15, 0.2) is 0 Å². The smallest absolute Gasteiger partial charge is 0.0456 e. The van der Waals surface area contributed by atoms with Crippen LogP contribution < -0.4 is 5.32 Å². The van der Waals surface area contributed by atoms with E-state index in [1.54, 1.807) is 0 Å². The van der Waals surface area contributed by atoms with E-state index in [1.807, 2.05) is 26.8 Å². The van der Waals surface area contributed by atoms with Crippen LogP contribution in [0.2, 0.25) is 0 Å². The van der Waals surface area contributed by atoms with Gasteiger partial charge in [-0.1, -0.05) is 58.9 Å². The zero-order chi connectivity index (χ0) is 14.4. The van der Waals surface area contributed by atoms with Crippen molar-refractivity contribution < 1.29 is 5.11 Å². The summed E-state index contributed by atoms with van der Waals surface area (Å²) in [6.45, 7) is 16.2. The second kappa shape index (κ2) is 14.2. The first-order valence-corrected chi connectivity index (χ1v) is 6.98. The fourth-order valence-electron chi connectivity index (χ4n) is 1.28. The van der Waals surface area contributed by atoms with Crippen molar-refractivity contribution >= 4 is 0 Å². The summed E-state index contributed by atoms with van der Waals surface area (Å²) in [5.74, 6) is 0.491. The largest absolute Gasteiger partial charge is 0.396 e. The molecule has 0 radical (unpaired) electrons. The number of nitrogens with one attached hydrogen (secondary N) is 1. The maximum Gasteiger partial charge on any atom is 0.0456 e. The third kappa shape index (κ3) is 9.20. The van der Waals surface area contributed by atoms with Crippen molar-refractivity contribution in [3.63, 3.8) is 0 Å². The number of hydrogen-bond donors (Lipinski definition) is 2. The lowest BCUT2D eigenvalue weighted by atomic mass is 10.1. The minimum Gasteiger partial charge on any atom is -0.396 e. The number of allylic oxidation sites excluding steroid dienone is 3. The second-order valence-corrected chi connectivity index (χ2v) is 4.04. The maximum atomic E-state index is 8.33. The van der Waals surface area contributed by atoms with Gasteiger partial charge in [0, 0.05) is 19.7 Å². The molecule has 1 heterocycles. The molecule has 0 aromatic carbocycles. The Kier molecular flexibility index (Phi) is 15.4. The summed E-state index contributed by atoms with van der Waals surface area (Å²) in [5, 5.41) is 11.6. The van der Waals surface area contributed by atoms with Crippen LogP contribution in [0.5, 0.6) is 0 Å². The second-order valence-electron chi connectivity index (χ2n) is 4.04. The van der Waals surface area contributed by atoms with Gasteiger partial charge in [0.25, 0.3) is 0 Å². The van der Waals surface area contributed by atoms with Gasteiger partial charge in [0.1, 0.15) is 0 Å². The predicted molar refractivity (Wildman–Crippen MR) is 82.8 cm³/mol. The van der Waals surface area contributed by atoms with Crippen LogP contribution in [0.15, 0.2) is 36.0 Å². The average Bonchev–Trinajstić information content (AvgIpc) is 2.88. The number of rotatable bonds is 3. The highest BCUT2D eigenvalue weighted by molar-refractivity contribution is 5.38. The van der Waals surface area contributed by atoms with Gasteiger partial charge in [-0.05, 0) is 24.0 Å². The Morgan fingerprint density at radius 2 is 1.89 bits per heavy atom. The van der Waals surface area contributed by atoms with Crippen molar-refractivity contribution in [2.24, 2.45) is 5.92 Å². The van der Waals surface area contributed by atoms with Gasteiger partial charge in [-0.2, -0.15) is 0 Å². The van der Waals surface area contributed by atoms with Crippen molar-refractivity contribution in [3.8, 4) is 0 Å². The summed E-state index contributed by atoms with van der Waals surface area (Å²) in [4.78, 5) is 0. The highest BCUT2D eigenvalue weighted by Crippen LogP contribution is 2.13. The molecule has 1 aliphatic heterocycles. The molecule has 0 aromatic rings. The third-order valence-electron chi connectivity index (χ3n) is 2.72. The molecule has 0 bridgehead atoms. The molecule has 1 unspecified atom stereocenters. The molecule has 1 rings (SSSR count). The molecule has 0 aromatic heterocycles. The van der Waals surface area contributed by atoms with Crippen LogP contribution in [0.3, 0.4) is 0 Å². The lowest BCUT2D eigenvalue weighted by Crippen LogP contribution is -2.04. The standard InChI is InChI=1S/C9H13N.C5H12O.C2H6/c1-3-5-9-7-10-6-8(9)4-2;1-3-5(2)4-6;1-2/h3-5,10H,1,6-7H2,2H3;5-6H,3-4H2,1-2H3;1-2H3/b8-4-,9-5-;;. The minimum absolute atomic E-state index is 0.330. The van der Waals surface area contributed by atoms with E-state index in [9.17, 15) is 0 Å². The fourth-order valence-corrected chi connectivity index (χ4v) is 1.28. The summed E-state index contributed by atoms with van der Waals surface area (Å²) in [5.41, 5.74) is 2.78. The molecule has 1 saturated heterocycles. The van der Waals surface area contributed by atoms with Crippen molar-refractivity contribution in [3.05, 3.63) is 36.0 Å². The molecule has 1 atom stereocenters. The van der Waals surface area contributed by atoms with Crippen molar-refractivity contribution in [2.45, 2.75) is 41.0 Å². The fraction of sp³-hybridized carbons (Fsp3) is 0.625. The van der Waals surface area contributed by atoms with E-state index in [1.165, 1.54) is 11.1 Å². The lowest BCUT2D eigenvalue weighted by Gasteiger charge is -1.98. The number of hydrogen-bond acceptors (Lipinski definition) is 2. The Morgan fingerprint density at radius 3 is 2.22 bits per heavy atom. The molecule has 1 aliphatic rings. The molecule has 2 heteroatoms. The molecule has 106 valence electrons. The summed E-state index contributed by atoms with van der Waals surface area (Å²) in [7, 11) is 0. The Balaban J connectivity index is 0. The van der Waals surface area contributed by atoms with E-state index in [0.29, 0.717) is 12.5 Å². The van der Waals surface area contributed by atoms with Crippen LogP contribution in [-0.4, -0.2) is 24.8 Å². The van der Waals surface area contributed by atoms with Crippen LogP contribution in [0.4, 0.5) is 0 Å². The Bertz CT molecular complexity index is 250. The molecule has 1 fully saturated rings. The van der Waals surface area contributed by atoms with E-state index in [4.69, 9.17) is 5.11 Å². The van der Waals surface area contributed by atoms with E-state index in [2.05, 4.69) is 37.9 Å². The van der Waals surface area contributed by atoms with Crippen LogP contribution in [-0.2, 0) is 0 Å². The topological polar surface area (TPSA) is 32.3 Å². The monoisotopic (exact) mass is 253 g/mol. The van der Waals surface area contributed by atoms with Gasteiger partial charge in [0.05, 0.1) is 0 Å². The molecule has 0 amide bonds. The van der Waals surface area contributed by atoms with E-state index < -0.39 is 0 Å². The van der Waals surface area contributed by atoms with E-state index in [-0.39, 0.29) is 0 Å². The summed E-state index contributed by atoms with van der Waals surface area (Å²) >= 11 is 0. The molecule has 0 spiro atoms. The third-order valence-corrected chi connectivity index (χ3v) is 2.72. The summed E-state index contributed by atoms with van der Waals surface area (Å²) in [6.07, 6.45) is 7.13.